The number of hydrogen-bond donors (Lipinski definition) is 1. The fourth-order valence-corrected chi connectivity index (χ4v) is 5.35. The number of hydrogen-bond acceptors (Lipinski definition) is 6. The first-order valence-corrected chi connectivity index (χ1v) is 13.2. The summed E-state index contributed by atoms with van der Waals surface area (Å²) in [4.78, 5) is 32.9. The fraction of sp³-hybridized carbons (Fsp3) is 0.148. The van der Waals surface area contributed by atoms with Gasteiger partial charge < -0.3 is 14.5 Å². The first-order valence-electron chi connectivity index (χ1n) is 11.7. The molecule has 0 unspecified atom stereocenters. The van der Waals surface area contributed by atoms with Gasteiger partial charge >= 0.3 is 6.09 Å². The Morgan fingerprint density at radius 2 is 1.46 bits per heavy atom. The van der Waals surface area contributed by atoms with Crippen LogP contribution in [0, 0.1) is 0 Å². The molecule has 0 spiro atoms. The highest BCUT2D eigenvalue weighted by atomic mass is 32.2. The Morgan fingerprint density at radius 3 is 2.19 bits per heavy atom. The van der Waals surface area contributed by atoms with E-state index in [0.717, 1.165) is 5.39 Å². The number of pyridine rings is 1. The molecular weight excluding hydrogens is 492 g/mol. The summed E-state index contributed by atoms with van der Waals surface area (Å²) in [6, 6.07) is 23.6. The molecule has 37 heavy (non-hydrogen) atoms. The van der Waals surface area contributed by atoms with Crippen molar-refractivity contribution >= 4 is 38.6 Å². The number of aromatic nitrogens is 1. The van der Waals surface area contributed by atoms with Crippen molar-refractivity contribution in [2.24, 2.45) is 0 Å². The Bertz CT molecular complexity index is 1530. The molecule has 2 amide bonds. The number of ether oxygens (including phenoxy) is 1. The van der Waals surface area contributed by atoms with Crippen molar-refractivity contribution in [3.63, 3.8) is 0 Å². The molecule has 1 aliphatic rings. The third kappa shape index (κ3) is 5.39. The van der Waals surface area contributed by atoms with Gasteiger partial charge in [-0.2, -0.15) is 0 Å². The standard InChI is InChI=1S/C27H24N4O5S/c32-26(30-16-18-31(19-17-30)27(33)36-23-8-2-1-3-9-23)21-11-13-22(14-12-21)29-37(34,35)24-10-4-6-20-7-5-15-28-25(20)24/h1-15,29H,16-19H2. The number of benzene rings is 3. The highest BCUT2D eigenvalue weighted by Crippen LogP contribution is 2.24. The van der Waals surface area contributed by atoms with Crippen molar-refractivity contribution in [2.45, 2.75) is 4.90 Å². The average Bonchev–Trinajstić information content (AvgIpc) is 2.93. The molecule has 0 atom stereocenters. The lowest BCUT2D eigenvalue weighted by Crippen LogP contribution is -2.51. The molecule has 0 saturated carbocycles. The van der Waals surface area contributed by atoms with Gasteiger partial charge in [0.25, 0.3) is 15.9 Å². The van der Waals surface area contributed by atoms with E-state index in [4.69, 9.17) is 4.74 Å². The Balaban J connectivity index is 1.20. The maximum Gasteiger partial charge on any atom is 0.415 e. The minimum atomic E-state index is -3.89. The largest absolute Gasteiger partial charge is 0.415 e. The number of nitrogens with zero attached hydrogens (tertiary/aromatic N) is 3. The molecule has 1 N–H and O–H groups in total. The minimum Gasteiger partial charge on any atom is -0.410 e. The van der Waals surface area contributed by atoms with Crippen LogP contribution in [-0.4, -0.2) is 61.4 Å². The molecule has 4 aromatic rings. The van der Waals surface area contributed by atoms with Gasteiger partial charge in [0.05, 0.1) is 5.52 Å². The van der Waals surface area contributed by atoms with Gasteiger partial charge in [-0.05, 0) is 48.5 Å². The number of para-hydroxylation sites is 2. The number of fused-ring (bicyclic) bond motifs is 1. The molecule has 188 valence electrons. The Kier molecular flexibility index (Phi) is 6.74. The minimum absolute atomic E-state index is 0.0782. The van der Waals surface area contributed by atoms with Gasteiger partial charge in [0.2, 0.25) is 0 Å². The third-order valence-corrected chi connectivity index (χ3v) is 7.46. The lowest BCUT2D eigenvalue weighted by molar-refractivity contribution is 0.0633. The van der Waals surface area contributed by atoms with E-state index in [1.165, 1.54) is 6.07 Å². The van der Waals surface area contributed by atoms with Gasteiger partial charge in [-0.1, -0.05) is 36.4 Å². The number of amides is 2. The second kappa shape index (κ2) is 10.3. The molecule has 5 rings (SSSR count). The summed E-state index contributed by atoms with van der Waals surface area (Å²) in [7, 11) is -3.89. The summed E-state index contributed by atoms with van der Waals surface area (Å²) in [6.45, 7) is 1.44. The van der Waals surface area contributed by atoms with Crippen LogP contribution in [0.15, 0.2) is 96.0 Å². The van der Waals surface area contributed by atoms with Crippen LogP contribution in [-0.2, 0) is 10.0 Å². The molecule has 2 heterocycles. The molecule has 1 saturated heterocycles. The summed E-state index contributed by atoms with van der Waals surface area (Å²) < 4.78 is 34.0. The van der Waals surface area contributed by atoms with Gasteiger partial charge in [0.1, 0.15) is 10.6 Å². The fourth-order valence-electron chi connectivity index (χ4n) is 4.11. The number of anilines is 1. The van der Waals surface area contributed by atoms with E-state index in [1.54, 1.807) is 88.8 Å². The van der Waals surface area contributed by atoms with Crippen molar-refractivity contribution in [2.75, 3.05) is 30.9 Å². The van der Waals surface area contributed by atoms with Crippen LogP contribution < -0.4 is 9.46 Å². The Hall–Kier alpha value is -4.44. The predicted octanol–water partition coefficient (Wildman–Crippen LogP) is 3.99. The van der Waals surface area contributed by atoms with Crippen LogP contribution in [0.5, 0.6) is 5.75 Å². The lowest BCUT2D eigenvalue weighted by Gasteiger charge is -2.34. The van der Waals surface area contributed by atoms with Gasteiger partial charge in [-0.25, -0.2) is 13.2 Å². The van der Waals surface area contributed by atoms with Gasteiger partial charge in [0, 0.05) is 49.0 Å². The van der Waals surface area contributed by atoms with Gasteiger partial charge in [0.15, 0.2) is 0 Å². The van der Waals surface area contributed by atoms with Crippen LogP contribution in [0.25, 0.3) is 10.9 Å². The molecule has 10 heteroatoms. The zero-order chi connectivity index (χ0) is 25.8. The zero-order valence-corrected chi connectivity index (χ0v) is 20.6. The summed E-state index contributed by atoms with van der Waals surface area (Å²) in [5, 5.41) is 0.722. The van der Waals surface area contributed by atoms with Crippen molar-refractivity contribution in [1.82, 2.24) is 14.8 Å². The summed E-state index contributed by atoms with van der Waals surface area (Å²) in [5.74, 6) is 0.280. The van der Waals surface area contributed by atoms with E-state index in [9.17, 15) is 18.0 Å². The van der Waals surface area contributed by atoms with Crippen molar-refractivity contribution in [3.05, 3.63) is 96.7 Å². The van der Waals surface area contributed by atoms with E-state index in [0.29, 0.717) is 48.7 Å². The lowest BCUT2D eigenvalue weighted by atomic mass is 10.1. The van der Waals surface area contributed by atoms with Crippen LogP contribution in [0.1, 0.15) is 10.4 Å². The van der Waals surface area contributed by atoms with E-state index < -0.39 is 16.1 Å². The van der Waals surface area contributed by atoms with E-state index in [2.05, 4.69) is 9.71 Å². The van der Waals surface area contributed by atoms with E-state index in [-0.39, 0.29) is 10.8 Å². The van der Waals surface area contributed by atoms with Gasteiger partial charge in [-0.15, -0.1) is 0 Å². The maximum absolute atomic E-state index is 13.0. The quantitative estimate of drug-likeness (QED) is 0.430. The number of nitrogens with one attached hydrogen (secondary N) is 1. The number of rotatable bonds is 5. The molecule has 1 aliphatic heterocycles. The topological polar surface area (TPSA) is 109 Å². The smallest absolute Gasteiger partial charge is 0.410 e. The highest BCUT2D eigenvalue weighted by Gasteiger charge is 2.26. The summed E-state index contributed by atoms with van der Waals surface area (Å²) >= 11 is 0. The van der Waals surface area contributed by atoms with Crippen LogP contribution in [0.4, 0.5) is 10.5 Å². The van der Waals surface area contributed by atoms with Crippen LogP contribution in [0.3, 0.4) is 0 Å². The molecule has 1 aromatic heterocycles. The number of sulfonamides is 1. The molecule has 0 bridgehead atoms. The van der Waals surface area contributed by atoms with Crippen molar-refractivity contribution < 1.29 is 22.7 Å². The van der Waals surface area contributed by atoms with Gasteiger partial charge in [-0.3, -0.25) is 14.5 Å². The van der Waals surface area contributed by atoms with E-state index in [1.807, 2.05) is 6.07 Å². The van der Waals surface area contributed by atoms with E-state index >= 15 is 0 Å². The number of carbonyl (C=O) groups is 2. The first-order chi connectivity index (χ1) is 17.9. The van der Waals surface area contributed by atoms with Crippen LogP contribution >= 0.6 is 0 Å². The Labute approximate surface area is 214 Å². The second-order valence-corrected chi connectivity index (χ2v) is 10.1. The maximum atomic E-state index is 13.0. The third-order valence-electron chi connectivity index (χ3n) is 6.04. The number of piperazine rings is 1. The summed E-state index contributed by atoms with van der Waals surface area (Å²) in [6.07, 6.45) is 1.10. The molecule has 1 fully saturated rings. The molecule has 3 aromatic carbocycles. The van der Waals surface area contributed by atoms with Crippen LogP contribution in [0.2, 0.25) is 0 Å². The van der Waals surface area contributed by atoms with Crippen molar-refractivity contribution in [3.8, 4) is 5.75 Å². The molecular formula is C27H24N4O5S. The molecule has 9 nitrogen and oxygen atoms in total. The highest BCUT2D eigenvalue weighted by molar-refractivity contribution is 7.93. The Morgan fingerprint density at radius 1 is 0.784 bits per heavy atom. The monoisotopic (exact) mass is 516 g/mol. The molecule has 0 radical (unpaired) electrons. The summed E-state index contributed by atoms with van der Waals surface area (Å²) in [5.41, 5.74) is 1.14. The second-order valence-electron chi connectivity index (χ2n) is 8.47. The normalized spacial score (nSPS) is 13.8. The van der Waals surface area contributed by atoms with Crippen molar-refractivity contribution in [1.29, 1.82) is 0 Å². The first kappa shape index (κ1) is 24.3. The SMILES string of the molecule is O=C(Oc1ccccc1)N1CCN(C(=O)c2ccc(NS(=O)(=O)c3cccc4cccnc34)cc2)CC1. The average molecular weight is 517 g/mol. The number of carbonyl (C=O) groups excluding carboxylic acids is 2. The zero-order valence-electron chi connectivity index (χ0n) is 19.8. The predicted molar refractivity (Wildman–Crippen MR) is 139 cm³/mol. The molecule has 0 aliphatic carbocycles.